The Morgan fingerprint density at radius 2 is 0.941 bits per heavy atom. The van der Waals surface area contributed by atoms with E-state index in [1.54, 1.807) is 24.5 Å². The van der Waals surface area contributed by atoms with Gasteiger partial charge in [-0.25, -0.2) is 0 Å². The van der Waals surface area contributed by atoms with Gasteiger partial charge >= 0.3 is 0 Å². The Kier molecular flexibility index (Phi) is 4.51. The summed E-state index contributed by atoms with van der Waals surface area (Å²) in [6, 6.07) is 32.4. The van der Waals surface area contributed by atoms with Gasteiger partial charge in [0.2, 0.25) is 0 Å². The highest BCUT2D eigenvalue weighted by molar-refractivity contribution is 6.23. The first-order chi connectivity index (χ1) is 16.8. The number of nitriles is 2. The molecule has 0 bridgehead atoms. The monoisotopic (exact) mass is 432 g/mol. The molecule has 0 aliphatic rings. The van der Waals surface area contributed by atoms with E-state index in [1.807, 2.05) is 36.4 Å². The molecule has 0 spiro atoms. The van der Waals surface area contributed by atoms with Gasteiger partial charge in [-0.05, 0) is 68.7 Å². The lowest BCUT2D eigenvalue weighted by molar-refractivity contribution is 1.31. The van der Waals surface area contributed by atoms with Crippen molar-refractivity contribution in [1.82, 2.24) is 9.97 Å². The van der Waals surface area contributed by atoms with Crippen LogP contribution >= 0.6 is 0 Å². The Morgan fingerprint density at radius 3 is 1.38 bits per heavy atom. The summed E-state index contributed by atoms with van der Waals surface area (Å²) in [5.41, 5.74) is 4.59. The third-order valence-electron chi connectivity index (χ3n) is 6.18. The maximum Gasteiger partial charge on any atom is 0.0992 e. The minimum absolute atomic E-state index is 0.565. The number of aromatic nitrogens is 2. The quantitative estimate of drug-likeness (QED) is 0.276. The van der Waals surface area contributed by atoms with Crippen LogP contribution in [0.25, 0.3) is 54.8 Å². The third-order valence-corrected chi connectivity index (χ3v) is 6.18. The average molecular weight is 432 g/mol. The summed E-state index contributed by atoms with van der Waals surface area (Å²) in [7, 11) is 0. The van der Waals surface area contributed by atoms with Crippen molar-refractivity contribution in [2.45, 2.75) is 0 Å². The van der Waals surface area contributed by atoms with Crippen LogP contribution in [0, 0.1) is 22.7 Å². The number of benzene rings is 4. The first-order valence-corrected chi connectivity index (χ1v) is 10.9. The van der Waals surface area contributed by atoms with E-state index < -0.39 is 0 Å². The molecule has 0 aliphatic heterocycles. The molecule has 0 atom stereocenters. The zero-order chi connectivity index (χ0) is 23.1. The Morgan fingerprint density at radius 1 is 0.500 bits per heavy atom. The van der Waals surface area contributed by atoms with Gasteiger partial charge in [-0.15, -0.1) is 0 Å². The van der Waals surface area contributed by atoms with E-state index in [-0.39, 0.29) is 0 Å². The number of pyridine rings is 2. The van der Waals surface area contributed by atoms with Crippen LogP contribution < -0.4 is 0 Å². The fraction of sp³-hybridized carbons (Fsp3) is 0. The highest BCUT2D eigenvalue weighted by atomic mass is 14.7. The molecule has 0 N–H and O–H groups in total. The average Bonchev–Trinajstić information content (AvgIpc) is 2.90. The van der Waals surface area contributed by atoms with Crippen molar-refractivity contribution in [2.24, 2.45) is 0 Å². The lowest BCUT2D eigenvalue weighted by Gasteiger charge is -2.17. The molecule has 0 saturated carbocycles. The highest BCUT2D eigenvalue weighted by Crippen LogP contribution is 2.44. The molecule has 0 fully saturated rings. The predicted molar refractivity (Wildman–Crippen MR) is 135 cm³/mol. The molecular formula is C30H16N4. The van der Waals surface area contributed by atoms with Crippen LogP contribution in [-0.2, 0) is 0 Å². The third kappa shape index (κ3) is 3.06. The molecule has 0 aliphatic carbocycles. The second-order valence-corrected chi connectivity index (χ2v) is 8.12. The van der Waals surface area contributed by atoms with Crippen molar-refractivity contribution >= 4 is 32.3 Å². The van der Waals surface area contributed by atoms with Crippen LogP contribution in [0.2, 0.25) is 0 Å². The summed E-state index contributed by atoms with van der Waals surface area (Å²) < 4.78 is 0. The van der Waals surface area contributed by atoms with Crippen molar-refractivity contribution < 1.29 is 0 Å². The Bertz CT molecular complexity index is 1700. The molecule has 0 amide bonds. The molecule has 156 valence electrons. The Balaban J connectivity index is 1.86. The fourth-order valence-electron chi connectivity index (χ4n) is 4.69. The van der Waals surface area contributed by atoms with Crippen molar-refractivity contribution in [3.05, 3.63) is 108 Å². The molecule has 34 heavy (non-hydrogen) atoms. The maximum absolute atomic E-state index is 9.51. The molecule has 2 heterocycles. The number of nitrogens with zero attached hydrogens (tertiary/aromatic N) is 4. The zero-order valence-electron chi connectivity index (χ0n) is 18.0. The number of rotatable bonds is 2. The van der Waals surface area contributed by atoms with Gasteiger partial charge in [0.25, 0.3) is 0 Å². The summed E-state index contributed by atoms with van der Waals surface area (Å²) in [6.07, 6.45) is 3.36. The van der Waals surface area contributed by atoms with Crippen LogP contribution in [0.3, 0.4) is 0 Å². The summed E-state index contributed by atoms with van der Waals surface area (Å²) >= 11 is 0. The van der Waals surface area contributed by atoms with Crippen LogP contribution in [0.5, 0.6) is 0 Å². The van der Waals surface area contributed by atoms with Gasteiger partial charge < -0.3 is 0 Å². The largest absolute Gasteiger partial charge is 0.256 e. The van der Waals surface area contributed by atoms with E-state index in [1.165, 1.54) is 0 Å². The molecular weight excluding hydrogens is 416 g/mol. The first kappa shape index (κ1) is 19.6. The van der Waals surface area contributed by atoms with Crippen LogP contribution in [-0.4, -0.2) is 9.97 Å². The highest BCUT2D eigenvalue weighted by Gasteiger charge is 2.19. The minimum Gasteiger partial charge on any atom is -0.256 e. The van der Waals surface area contributed by atoms with Crippen molar-refractivity contribution in [3.8, 4) is 34.7 Å². The summed E-state index contributed by atoms with van der Waals surface area (Å²) in [5, 5.41) is 25.3. The lowest BCUT2D eigenvalue weighted by atomic mass is 9.87. The van der Waals surface area contributed by atoms with Gasteiger partial charge in [0.15, 0.2) is 0 Å². The van der Waals surface area contributed by atoms with E-state index in [4.69, 9.17) is 0 Å². The fourth-order valence-corrected chi connectivity index (χ4v) is 4.69. The van der Waals surface area contributed by atoms with Gasteiger partial charge in [-0.3, -0.25) is 9.97 Å². The molecule has 4 nitrogen and oxygen atoms in total. The van der Waals surface area contributed by atoms with E-state index in [0.29, 0.717) is 11.1 Å². The van der Waals surface area contributed by atoms with E-state index in [0.717, 1.165) is 54.8 Å². The summed E-state index contributed by atoms with van der Waals surface area (Å²) in [4.78, 5) is 9.32. The smallest absolute Gasteiger partial charge is 0.0992 e. The second kappa shape index (κ2) is 7.81. The van der Waals surface area contributed by atoms with Gasteiger partial charge in [0.1, 0.15) is 0 Å². The molecule has 2 aromatic heterocycles. The van der Waals surface area contributed by atoms with E-state index in [9.17, 15) is 10.5 Å². The van der Waals surface area contributed by atoms with Gasteiger partial charge in [0.05, 0.1) is 34.7 Å². The summed E-state index contributed by atoms with van der Waals surface area (Å²) in [6.45, 7) is 0. The first-order valence-electron chi connectivity index (χ1n) is 10.9. The van der Waals surface area contributed by atoms with Gasteiger partial charge in [-0.2, -0.15) is 10.5 Å². The minimum atomic E-state index is 0.565. The van der Waals surface area contributed by atoms with E-state index in [2.05, 4.69) is 58.5 Å². The maximum atomic E-state index is 9.51. The van der Waals surface area contributed by atoms with Crippen LogP contribution in [0.15, 0.2) is 97.3 Å². The molecule has 0 saturated heterocycles. The van der Waals surface area contributed by atoms with Crippen LogP contribution in [0.1, 0.15) is 11.1 Å². The van der Waals surface area contributed by atoms with Crippen molar-refractivity contribution in [1.29, 1.82) is 10.5 Å². The van der Waals surface area contributed by atoms with E-state index >= 15 is 0 Å². The Labute approximate surface area is 196 Å². The van der Waals surface area contributed by atoms with Crippen molar-refractivity contribution in [2.75, 3.05) is 0 Å². The molecule has 0 radical (unpaired) electrons. The molecule has 6 aromatic rings. The number of hydrogen-bond acceptors (Lipinski definition) is 4. The number of hydrogen-bond donors (Lipinski definition) is 0. The Hall–Kier alpha value is -5.06. The second-order valence-electron chi connectivity index (χ2n) is 8.12. The number of fused-ring (bicyclic) bond motifs is 3. The molecule has 4 aromatic carbocycles. The topological polar surface area (TPSA) is 73.4 Å². The lowest BCUT2D eigenvalue weighted by Crippen LogP contribution is -1.94. The molecule has 6 rings (SSSR count). The van der Waals surface area contributed by atoms with Gasteiger partial charge in [-0.1, -0.05) is 48.5 Å². The summed E-state index contributed by atoms with van der Waals surface area (Å²) in [5.74, 6) is 0. The zero-order valence-corrected chi connectivity index (χ0v) is 18.0. The SMILES string of the molecule is N#Cc1ccnc(-c2c3ccccc3c(-c3cc(C#N)ccn3)c3cc4ccccc4cc23)c1. The predicted octanol–water partition coefficient (Wildman–Crippen LogP) is 7.01. The normalized spacial score (nSPS) is 10.9. The standard InChI is InChI=1S/C30H16N4/c31-17-19-9-11-33-27(13-19)29-23-7-3-4-8-24(23)30(28-14-20(18-32)10-12-34-28)26-16-22-6-2-1-5-21(22)15-25(26)29/h1-16H. The molecule has 0 unspecified atom stereocenters. The molecule has 4 heteroatoms. The van der Waals surface area contributed by atoms with Crippen LogP contribution in [0.4, 0.5) is 0 Å². The van der Waals surface area contributed by atoms with Crippen molar-refractivity contribution in [3.63, 3.8) is 0 Å². The van der Waals surface area contributed by atoms with Gasteiger partial charge in [0, 0.05) is 23.5 Å².